The average molecular weight is 392 g/mol. The molecule has 1 aliphatic carbocycles. The molecule has 0 bridgehead atoms. The SMILES string of the molecule is CCc1ccc(Oc2ccc(C)cc2)cc1C1=C(O)CC2(CCOCC2)CC1=O. The first-order chi connectivity index (χ1) is 14.0. The van der Waals surface area contributed by atoms with Crippen molar-refractivity contribution in [3.63, 3.8) is 0 Å². The molecule has 1 spiro atoms. The van der Waals surface area contributed by atoms with Crippen LogP contribution in [0.5, 0.6) is 11.5 Å². The first kappa shape index (κ1) is 19.7. The molecule has 1 N–H and O–H groups in total. The number of rotatable bonds is 4. The van der Waals surface area contributed by atoms with Gasteiger partial charge in [-0.05, 0) is 67.0 Å². The predicted octanol–water partition coefficient (Wildman–Crippen LogP) is 5.78. The Morgan fingerprint density at radius 2 is 1.72 bits per heavy atom. The fourth-order valence-electron chi connectivity index (χ4n) is 4.46. The maximum atomic E-state index is 13.2. The molecule has 2 aromatic rings. The van der Waals surface area contributed by atoms with E-state index in [1.54, 1.807) is 0 Å². The van der Waals surface area contributed by atoms with Crippen molar-refractivity contribution >= 4 is 11.4 Å². The van der Waals surface area contributed by atoms with E-state index in [2.05, 4.69) is 6.92 Å². The Labute approximate surface area is 172 Å². The van der Waals surface area contributed by atoms with Crippen molar-refractivity contribution in [2.24, 2.45) is 5.41 Å². The highest BCUT2D eigenvalue weighted by Crippen LogP contribution is 2.47. The van der Waals surface area contributed by atoms with Gasteiger partial charge < -0.3 is 14.6 Å². The van der Waals surface area contributed by atoms with E-state index in [1.165, 1.54) is 5.56 Å². The van der Waals surface area contributed by atoms with Gasteiger partial charge in [-0.15, -0.1) is 0 Å². The molecule has 29 heavy (non-hydrogen) atoms. The summed E-state index contributed by atoms with van der Waals surface area (Å²) in [5, 5.41) is 10.9. The Morgan fingerprint density at radius 3 is 2.38 bits per heavy atom. The third kappa shape index (κ3) is 4.08. The van der Waals surface area contributed by atoms with E-state index in [4.69, 9.17) is 9.47 Å². The van der Waals surface area contributed by atoms with Crippen molar-refractivity contribution in [2.45, 2.75) is 46.0 Å². The standard InChI is InChI=1S/C25H28O4/c1-3-18-6-9-20(29-19-7-4-17(2)5-8-19)14-21(18)24-22(26)15-25(16-23(24)27)10-12-28-13-11-25/h4-9,14,26H,3,10-13,15-16H2,1-2H3. The molecule has 152 valence electrons. The summed E-state index contributed by atoms with van der Waals surface area (Å²) in [5.41, 5.74) is 3.32. The van der Waals surface area contributed by atoms with Crippen LogP contribution in [0.1, 0.15) is 49.3 Å². The zero-order chi connectivity index (χ0) is 20.4. The van der Waals surface area contributed by atoms with Crippen molar-refractivity contribution in [1.29, 1.82) is 0 Å². The predicted molar refractivity (Wildman–Crippen MR) is 113 cm³/mol. The maximum Gasteiger partial charge on any atom is 0.167 e. The normalized spacial score (nSPS) is 18.9. The van der Waals surface area contributed by atoms with Gasteiger partial charge in [-0.25, -0.2) is 0 Å². The van der Waals surface area contributed by atoms with Gasteiger partial charge in [0, 0.05) is 26.1 Å². The monoisotopic (exact) mass is 392 g/mol. The molecule has 4 nitrogen and oxygen atoms in total. The van der Waals surface area contributed by atoms with E-state index >= 15 is 0 Å². The second kappa shape index (κ2) is 8.03. The number of hydrogen-bond donors (Lipinski definition) is 1. The first-order valence-electron chi connectivity index (χ1n) is 10.4. The average Bonchev–Trinajstić information content (AvgIpc) is 2.70. The number of ketones is 1. The van der Waals surface area contributed by atoms with Crippen LogP contribution in [-0.2, 0) is 16.0 Å². The number of ether oxygens (including phenoxy) is 2. The Hall–Kier alpha value is -2.59. The number of hydrogen-bond acceptors (Lipinski definition) is 4. The Morgan fingerprint density at radius 1 is 1.03 bits per heavy atom. The van der Waals surface area contributed by atoms with Crippen LogP contribution in [0.3, 0.4) is 0 Å². The molecular weight excluding hydrogens is 364 g/mol. The summed E-state index contributed by atoms with van der Waals surface area (Å²) in [5.74, 6) is 1.66. The molecule has 1 fully saturated rings. The van der Waals surface area contributed by atoms with E-state index in [0.717, 1.165) is 36.1 Å². The highest BCUT2D eigenvalue weighted by molar-refractivity contribution is 6.22. The van der Waals surface area contributed by atoms with Crippen LogP contribution >= 0.6 is 0 Å². The Kier molecular flexibility index (Phi) is 5.46. The topological polar surface area (TPSA) is 55.8 Å². The molecule has 0 unspecified atom stereocenters. The zero-order valence-electron chi connectivity index (χ0n) is 17.2. The number of Topliss-reactive ketones (excluding diaryl/α,β-unsaturated/α-hetero) is 1. The number of benzene rings is 2. The highest BCUT2D eigenvalue weighted by Gasteiger charge is 2.41. The maximum absolute atomic E-state index is 13.2. The number of aliphatic hydroxyl groups is 1. The number of allylic oxidation sites excluding steroid dienone is 2. The van der Waals surface area contributed by atoms with Crippen LogP contribution in [-0.4, -0.2) is 24.1 Å². The van der Waals surface area contributed by atoms with E-state index in [9.17, 15) is 9.90 Å². The van der Waals surface area contributed by atoms with Gasteiger partial charge in [0.15, 0.2) is 5.78 Å². The summed E-state index contributed by atoms with van der Waals surface area (Å²) < 4.78 is 11.5. The number of carbonyl (C=O) groups excluding carboxylic acids is 1. The van der Waals surface area contributed by atoms with Gasteiger partial charge in [-0.3, -0.25) is 4.79 Å². The second-order valence-corrected chi connectivity index (χ2v) is 8.30. The lowest BCUT2D eigenvalue weighted by Crippen LogP contribution is -2.36. The Bertz CT molecular complexity index is 934. The zero-order valence-corrected chi connectivity index (χ0v) is 17.2. The summed E-state index contributed by atoms with van der Waals surface area (Å²) in [4.78, 5) is 13.2. The summed E-state index contributed by atoms with van der Waals surface area (Å²) in [6.07, 6.45) is 3.45. The van der Waals surface area contributed by atoms with Crippen LogP contribution in [0.4, 0.5) is 0 Å². The second-order valence-electron chi connectivity index (χ2n) is 8.30. The van der Waals surface area contributed by atoms with E-state index in [0.29, 0.717) is 37.4 Å². The molecule has 4 heteroatoms. The number of carbonyl (C=O) groups is 1. The van der Waals surface area contributed by atoms with Gasteiger partial charge in [-0.1, -0.05) is 30.7 Å². The molecule has 2 aliphatic rings. The smallest absolute Gasteiger partial charge is 0.167 e. The van der Waals surface area contributed by atoms with E-state index in [1.807, 2.05) is 49.4 Å². The van der Waals surface area contributed by atoms with Gasteiger partial charge in [0.2, 0.25) is 0 Å². The third-order valence-corrected chi connectivity index (χ3v) is 6.19. The summed E-state index contributed by atoms with van der Waals surface area (Å²) in [6, 6.07) is 13.7. The molecule has 0 saturated carbocycles. The van der Waals surface area contributed by atoms with Crippen LogP contribution in [0.15, 0.2) is 48.2 Å². The third-order valence-electron chi connectivity index (χ3n) is 6.19. The molecule has 0 radical (unpaired) electrons. The minimum absolute atomic E-state index is 0.0258. The lowest BCUT2D eigenvalue weighted by molar-refractivity contribution is -0.118. The molecule has 0 aromatic heterocycles. The minimum Gasteiger partial charge on any atom is -0.512 e. The number of aliphatic hydroxyl groups excluding tert-OH is 1. The molecule has 4 rings (SSSR count). The van der Waals surface area contributed by atoms with E-state index in [-0.39, 0.29) is 17.0 Å². The molecule has 1 heterocycles. The van der Waals surface area contributed by atoms with E-state index < -0.39 is 0 Å². The summed E-state index contributed by atoms with van der Waals surface area (Å²) >= 11 is 0. The fraction of sp³-hybridized carbons (Fsp3) is 0.400. The van der Waals surface area contributed by atoms with Crippen molar-refractivity contribution < 1.29 is 19.4 Å². The van der Waals surface area contributed by atoms with Gasteiger partial charge in [0.05, 0.1) is 5.57 Å². The lowest BCUT2D eigenvalue weighted by atomic mass is 9.67. The van der Waals surface area contributed by atoms with Gasteiger partial charge in [0.25, 0.3) is 0 Å². The van der Waals surface area contributed by atoms with Crippen LogP contribution in [0.25, 0.3) is 5.57 Å². The molecule has 2 aromatic carbocycles. The minimum atomic E-state index is -0.148. The van der Waals surface area contributed by atoms with Crippen molar-refractivity contribution in [3.05, 3.63) is 64.9 Å². The van der Waals surface area contributed by atoms with Crippen molar-refractivity contribution in [2.75, 3.05) is 13.2 Å². The molecule has 1 saturated heterocycles. The number of aryl methyl sites for hydroxylation is 2. The molecule has 0 amide bonds. The molecular formula is C25H28O4. The van der Waals surface area contributed by atoms with Crippen molar-refractivity contribution in [3.8, 4) is 11.5 Å². The van der Waals surface area contributed by atoms with Gasteiger partial charge in [-0.2, -0.15) is 0 Å². The van der Waals surface area contributed by atoms with Gasteiger partial charge in [0.1, 0.15) is 17.3 Å². The fourth-order valence-corrected chi connectivity index (χ4v) is 4.46. The highest BCUT2D eigenvalue weighted by atomic mass is 16.5. The quantitative estimate of drug-likeness (QED) is 0.717. The molecule has 0 atom stereocenters. The lowest BCUT2D eigenvalue weighted by Gasteiger charge is -2.39. The van der Waals surface area contributed by atoms with Crippen LogP contribution < -0.4 is 4.74 Å². The van der Waals surface area contributed by atoms with Gasteiger partial charge >= 0.3 is 0 Å². The first-order valence-corrected chi connectivity index (χ1v) is 10.4. The largest absolute Gasteiger partial charge is 0.512 e. The summed E-state index contributed by atoms with van der Waals surface area (Å²) in [6.45, 7) is 5.42. The van der Waals surface area contributed by atoms with Crippen molar-refractivity contribution in [1.82, 2.24) is 0 Å². The Balaban J connectivity index is 1.68. The van der Waals surface area contributed by atoms with Crippen LogP contribution in [0, 0.1) is 12.3 Å². The van der Waals surface area contributed by atoms with Crippen LogP contribution in [0.2, 0.25) is 0 Å². The summed E-state index contributed by atoms with van der Waals surface area (Å²) in [7, 11) is 0. The molecule has 1 aliphatic heterocycles.